The molecule has 0 aliphatic heterocycles. The molecule has 0 aliphatic carbocycles. The van der Waals surface area contributed by atoms with E-state index in [1.165, 1.54) is 18.2 Å². The Kier molecular flexibility index (Phi) is 8.04. The van der Waals surface area contributed by atoms with Gasteiger partial charge in [0.25, 0.3) is 0 Å². The molecule has 0 aliphatic rings. The molecule has 2 aromatic rings. The molecule has 29 heavy (non-hydrogen) atoms. The van der Waals surface area contributed by atoms with Crippen LogP contribution in [-0.4, -0.2) is 57.9 Å². The number of benzene rings is 2. The summed E-state index contributed by atoms with van der Waals surface area (Å²) in [5.74, 6) is -0.254. The maximum Gasteiger partial charge on any atom is 0.319 e. The van der Waals surface area contributed by atoms with Gasteiger partial charge in [-0.1, -0.05) is 41.9 Å². The third-order valence-corrected chi connectivity index (χ3v) is 5.77. The van der Waals surface area contributed by atoms with Crippen molar-refractivity contribution in [3.8, 4) is 0 Å². The molecule has 158 valence electrons. The molecule has 2 aromatic carbocycles. The Bertz CT molecular complexity index is 936. The summed E-state index contributed by atoms with van der Waals surface area (Å²) in [6.07, 6.45) is 0.327. The Morgan fingerprint density at radius 3 is 2.41 bits per heavy atom. The highest BCUT2D eigenvalue weighted by molar-refractivity contribution is 7.90. The molecule has 3 N–H and O–H groups in total. The first kappa shape index (κ1) is 23.2. The van der Waals surface area contributed by atoms with E-state index in [9.17, 15) is 18.3 Å². The fourth-order valence-corrected chi connectivity index (χ4v) is 3.70. The van der Waals surface area contributed by atoms with Crippen LogP contribution in [0.4, 0.5) is 10.5 Å². The molecule has 2 atom stereocenters. The summed E-state index contributed by atoms with van der Waals surface area (Å²) >= 11 is 6.07. The molecule has 2 rings (SSSR count). The first-order valence-corrected chi connectivity index (χ1v) is 11.3. The van der Waals surface area contributed by atoms with Crippen LogP contribution < -0.4 is 10.6 Å². The van der Waals surface area contributed by atoms with E-state index in [1.54, 1.807) is 0 Å². The summed E-state index contributed by atoms with van der Waals surface area (Å²) in [6.45, 7) is 0.768. The number of amides is 2. The van der Waals surface area contributed by atoms with Crippen LogP contribution in [-0.2, 0) is 9.84 Å². The number of aliphatic hydroxyl groups is 1. The zero-order chi connectivity index (χ0) is 21.6. The van der Waals surface area contributed by atoms with E-state index in [0.717, 1.165) is 11.8 Å². The van der Waals surface area contributed by atoms with Crippen LogP contribution in [0, 0.1) is 5.92 Å². The molecule has 0 spiro atoms. The molecule has 0 fully saturated rings. The fourth-order valence-electron chi connectivity index (χ4n) is 2.89. The van der Waals surface area contributed by atoms with Crippen LogP contribution in [0.5, 0.6) is 0 Å². The highest BCUT2D eigenvalue weighted by Crippen LogP contribution is 2.25. The lowest BCUT2D eigenvalue weighted by atomic mass is 9.95. The number of rotatable bonds is 8. The van der Waals surface area contributed by atoms with Gasteiger partial charge >= 0.3 is 6.03 Å². The number of halogens is 1. The quantitative estimate of drug-likeness (QED) is 0.587. The molecular formula is C20H26ClN3O4S. The normalized spacial score (nSPS) is 13.7. The van der Waals surface area contributed by atoms with Crippen molar-refractivity contribution >= 4 is 33.2 Å². The lowest BCUT2D eigenvalue weighted by molar-refractivity contribution is 0.0911. The third-order valence-electron chi connectivity index (χ3n) is 4.33. The predicted molar refractivity (Wildman–Crippen MR) is 115 cm³/mol. The van der Waals surface area contributed by atoms with Gasteiger partial charge in [0.2, 0.25) is 0 Å². The van der Waals surface area contributed by atoms with Crippen molar-refractivity contribution < 1.29 is 18.3 Å². The number of urea groups is 1. The smallest absolute Gasteiger partial charge is 0.319 e. The molecular weight excluding hydrogens is 414 g/mol. The van der Waals surface area contributed by atoms with Crippen LogP contribution in [0.15, 0.2) is 53.4 Å². The number of nitrogens with zero attached hydrogens (tertiary/aromatic N) is 1. The lowest BCUT2D eigenvalue weighted by Crippen LogP contribution is -2.39. The number of carbonyl (C=O) groups excluding carboxylic acids is 1. The molecule has 0 unspecified atom stereocenters. The maximum atomic E-state index is 12.3. The summed E-state index contributed by atoms with van der Waals surface area (Å²) in [6, 6.07) is 12.8. The number of anilines is 1. The first-order valence-electron chi connectivity index (χ1n) is 9.00. The van der Waals surface area contributed by atoms with Gasteiger partial charge in [0, 0.05) is 25.3 Å². The zero-order valence-corrected chi connectivity index (χ0v) is 18.2. The molecule has 7 nitrogen and oxygen atoms in total. The molecule has 2 amide bonds. The first-order chi connectivity index (χ1) is 13.6. The predicted octanol–water partition coefficient (Wildman–Crippen LogP) is 2.78. The second-order valence-electron chi connectivity index (χ2n) is 7.13. The van der Waals surface area contributed by atoms with E-state index in [-0.39, 0.29) is 28.1 Å². The van der Waals surface area contributed by atoms with Gasteiger partial charge in [-0.25, -0.2) is 13.2 Å². The van der Waals surface area contributed by atoms with Crippen molar-refractivity contribution in [3.05, 3.63) is 59.1 Å². The van der Waals surface area contributed by atoms with E-state index in [1.807, 2.05) is 49.3 Å². The van der Waals surface area contributed by atoms with Gasteiger partial charge in [-0.2, -0.15) is 0 Å². The van der Waals surface area contributed by atoms with Gasteiger partial charge in [-0.3, -0.25) is 0 Å². The van der Waals surface area contributed by atoms with Gasteiger partial charge in [-0.05, 0) is 37.9 Å². The molecule has 0 radical (unpaired) electrons. The Hall–Kier alpha value is -2.13. The minimum absolute atomic E-state index is 0.0576. The Labute approximate surface area is 176 Å². The van der Waals surface area contributed by atoms with Gasteiger partial charge < -0.3 is 20.6 Å². The van der Waals surface area contributed by atoms with E-state index in [2.05, 4.69) is 10.6 Å². The lowest BCUT2D eigenvalue weighted by Gasteiger charge is -2.26. The Balaban J connectivity index is 2.07. The van der Waals surface area contributed by atoms with Crippen molar-refractivity contribution in [1.82, 2.24) is 10.2 Å². The second-order valence-corrected chi connectivity index (χ2v) is 9.55. The largest absolute Gasteiger partial charge is 0.388 e. The SMILES string of the molecule is CN(C)C[C@H](CNC(=O)Nc1cc(S(C)(=O)=O)ccc1Cl)[C@H](O)c1ccccc1. The number of carbonyl (C=O) groups is 1. The summed E-state index contributed by atoms with van der Waals surface area (Å²) in [5.41, 5.74) is 0.963. The van der Waals surface area contributed by atoms with Crippen molar-refractivity contribution in [2.45, 2.75) is 11.0 Å². The summed E-state index contributed by atoms with van der Waals surface area (Å²) in [4.78, 5) is 14.3. The minimum Gasteiger partial charge on any atom is -0.388 e. The standard InChI is InChI=1S/C20H26ClN3O4S/c1-24(2)13-15(19(25)14-7-5-4-6-8-14)12-22-20(26)23-18-11-16(29(3,27)28)9-10-17(18)21/h4-11,15,19,25H,12-13H2,1-3H3,(H2,22,23,26)/t15-,19+/m0/s1. The maximum absolute atomic E-state index is 12.3. The highest BCUT2D eigenvalue weighted by atomic mass is 35.5. The van der Waals surface area contributed by atoms with Crippen molar-refractivity contribution in [1.29, 1.82) is 0 Å². The molecule has 0 aromatic heterocycles. The molecule has 0 saturated carbocycles. The van der Waals surface area contributed by atoms with Gasteiger partial charge in [0.15, 0.2) is 9.84 Å². The van der Waals surface area contributed by atoms with Crippen LogP contribution in [0.25, 0.3) is 0 Å². The van der Waals surface area contributed by atoms with E-state index in [0.29, 0.717) is 6.54 Å². The minimum atomic E-state index is -3.43. The number of hydrogen-bond donors (Lipinski definition) is 3. The van der Waals surface area contributed by atoms with Crippen LogP contribution in [0.2, 0.25) is 5.02 Å². The van der Waals surface area contributed by atoms with E-state index >= 15 is 0 Å². The van der Waals surface area contributed by atoms with Gasteiger partial charge in [0.1, 0.15) is 0 Å². The number of nitrogens with one attached hydrogen (secondary N) is 2. The van der Waals surface area contributed by atoms with Crippen LogP contribution >= 0.6 is 11.6 Å². The molecule has 9 heteroatoms. The fraction of sp³-hybridized carbons (Fsp3) is 0.350. The van der Waals surface area contributed by atoms with Gasteiger partial charge in [-0.15, -0.1) is 0 Å². The number of hydrogen-bond acceptors (Lipinski definition) is 5. The second kappa shape index (κ2) is 10.1. The van der Waals surface area contributed by atoms with Crippen molar-refractivity contribution in [2.75, 3.05) is 38.8 Å². The third kappa shape index (κ3) is 7.01. The number of aliphatic hydroxyl groups excluding tert-OH is 1. The monoisotopic (exact) mass is 439 g/mol. The Morgan fingerprint density at radius 1 is 1.17 bits per heavy atom. The molecule has 0 saturated heterocycles. The van der Waals surface area contributed by atoms with E-state index < -0.39 is 22.0 Å². The van der Waals surface area contributed by atoms with Crippen molar-refractivity contribution in [3.63, 3.8) is 0 Å². The number of sulfone groups is 1. The average molecular weight is 440 g/mol. The molecule has 0 heterocycles. The highest BCUT2D eigenvalue weighted by Gasteiger charge is 2.22. The van der Waals surface area contributed by atoms with Gasteiger partial charge in [0.05, 0.1) is 21.7 Å². The van der Waals surface area contributed by atoms with Crippen LogP contribution in [0.1, 0.15) is 11.7 Å². The molecule has 0 bridgehead atoms. The summed E-state index contributed by atoms with van der Waals surface area (Å²) in [7, 11) is 0.352. The van der Waals surface area contributed by atoms with Crippen LogP contribution in [0.3, 0.4) is 0 Å². The summed E-state index contributed by atoms with van der Waals surface area (Å²) < 4.78 is 23.4. The van der Waals surface area contributed by atoms with E-state index in [4.69, 9.17) is 11.6 Å². The summed E-state index contributed by atoms with van der Waals surface area (Å²) in [5, 5.41) is 16.2. The average Bonchev–Trinajstić information content (AvgIpc) is 2.65. The Morgan fingerprint density at radius 2 is 1.83 bits per heavy atom. The van der Waals surface area contributed by atoms with Crippen molar-refractivity contribution in [2.24, 2.45) is 5.92 Å². The topological polar surface area (TPSA) is 98.7 Å². The zero-order valence-electron chi connectivity index (χ0n) is 16.6.